The molecule has 2 atom stereocenters. The first-order chi connectivity index (χ1) is 12.2. The van der Waals surface area contributed by atoms with Crippen molar-refractivity contribution >= 4 is 36.0 Å². The smallest absolute Gasteiger partial charge is 0.407 e. The number of rotatable bonds is 7. The molecule has 1 heterocycles. The van der Waals surface area contributed by atoms with E-state index in [2.05, 4.69) is 34.7 Å². The third-order valence-corrected chi connectivity index (χ3v) is 4.26. The third kappa shape index (κ3) is 12.3. The average molecular weight is 497 g/mol. The van der Waals surface area contributed by atoms with Gasteiger partial charge in [0.15, 0.2) is 5.96 Å². The lowest BCUT2D eigenvalue weighted by molar-refractivity contribution is 0.0529. The number of ether oxygens (including phenoxy) is 1. The number of carbonyl (C=O) groups is 1. The zero-order valence-electron chi connectivity index (χ0n) is 17.9. The Morgan fingerprint density at radius 3 is 2.52 bits per heavy atom. The number of hydrogen-bond acceptors (Lipinski definition) is 4. The zero-order chi connectivity index (χ0) is 19.6. The summed E-state index contributed by atoms with van der Waals surface area (Å²) in [5, 5.41) is 9.25. The molecule has 0 radical (unpaired) electrons. The SMILES string of the molecule is CCNC(=NCC(C)N1CCCC(C)C1)NCCNC(=O)OC(C)(C)C.I. The molecule has 1 aliphatic heterocycles. The molecule has 1 amide bonds. The molecule has 1 fully saturated rings. The highest BCUT2D eigenvalue weighted by Crippen LogP contribution is 2.17. The van der Waals surface area contributed by atoms with Crippen molar-refractivity contribution in [3.8, 4) is 0 Å². The number of likely N-dealkylation sites (tertiary alicyclic amines) is 1. The van der Waals surface area contributed by atoms with E-state index < -0.39 is 11.7 Å². The van der Waals surface area contributed by atoms with Crippen LogP contribution in [-0.4, -0.2) is 67.9 Å². The molecular formula is C19H40IN5O2. The molecule has 1 saturated heterocycles. The van der Waals surface area contributed by atoms with Gasteiger partial charge in [-0.05, 0) is 59.9 Å². The maximum atomic E-state index is 11.6. The number of alkyl carbamates (subject to hydrolysis) is 1. The molecule has 0 aliphatic carbocycles. The summed E-state index contributed by atoms with van der Waals surface area (Å²) in [7, 11) is 0. The predicted molar refractivity (Wildman–Crippen MR) is 123 cm³/mol. The Hall–Kier alpha value is -0.770. The Bertz CT molecular complexity index is 454. The third-order valence-electron chi connectivity index (χ3n) is 4.26. The lowest BCUT2D eigenvalue weighted by Crippen LogP contribution is -2.44. The second-order valence-electron chi connectivity index (χ2n) is 8.17. The number of nitrogens with zero attached hydrogens (tertiary/aromatic N) is 2. The second-order valence-corrected chi connectivity index (χ2v) is 8.17. The van der Waals surface area contributed by atoms with E-state index in [9.17, 15) is 4.79 Å². The van der Waals surface area contributed by atoms with Crippen molar-refractivity contribution in [3.05, 3.63) is 0 Å². The van der Waals surface area contributed by atoms with E-state index in [1.165, 1.54) is 25.9 Å². The lowest BCUT2D eigenvalue weighted by atomic mass is 9.99. The maximum absolute atomic E-state index is 11.6. The molecule has 7 nitrogen and oxygen atoms in total. The van der Waals surface area contributed by atoms with Gasteiger partial charge in [0, 0.05) is 32.2 Å². The van der Waals surface area contributed by atoms with Crippen LogP contribution in [-0.2, 0) is 4.74 Å². The molecule has 0 aromatic heterocycles. The van der Waals surface area contributed by atoms with E-state index >= 15 is 0 Å². The second kappa shape index (κ2) is 13.4. The summed E-state index contributed by atoms with van der Waals surface area (Å²) >= 11 is 0. The van der Waals surface area contributed by atoms with Crippen molar-refractivity contribution in [2.45, 2.75) is 66.0 Å². The van der Waals surface area contributed by atoms with E-state index in [4.69, 9.17) is 9.73 Å². The van der Waals surface area contributed by atoms with Gasteiger partial charge in [-0.2, -0.15) is 0 Å². The van der Waals surface area contributed by atoms with Gasteiger partial charge in [0.05, 0.1) is 6.54 Å². The molecule has 1 aliphatic rings. The molecule has 0 spiro atoms. The summed E-state index contributed by atoms with van der Waals surface area (Å²) in [6, 6.07) is 0.438. The first-order valence-corrected chi connectivity index (χ1v) is 9.94. The summed E-state index contributed by atoms with van der Waals surface area (Å²) in [4.78, 5) is 18.9. The first kappa shape index (κ1) is 26.2. The fourth-order valence-corrected chi connectivity index (χ4v) is 2.97. The van der Waals surface area contributed by atoms with Gasteiger partial charge in [-0.25, -0.2) is 4.79 Å². The van der Waals surface area contributed by atoms with Crippen LogP contribution < -0.4 is 16.0 Å². The molecule has 2 unspecified atom stereocenters. The monoisotopic (exact) mass is 497 g/mol. The standard InChI is InChI=1S/C19H39N5O2.HI/c1-7-20-17(21-10-11-22-18(25)26-19(4,5)6)23-13-16(3)24-12-8-9-15(2)14-24;/h15-16H,7-14H2,1-6H3,(H,22,25)(H2,20,21,23);1H. The van der Waals surface area contributed by atoms with Crippen LogP contribution in [0.25, 0.3) is 0 Å². The first-order valence-electron chi connectivity index (χ1n) is 9.94. The summed E-state index contributed by atoms with van der Waals surface area (Å²) in [5.74, 6) is 1.57. The van der Waals surface area contributed by atoms with Crippen molar-refractivity contribution in [1.82, 2.24) is 20.9 Å². The van der Waals surface area contributed by atoms with E-state index in [1.54, 1.807) is 0 Å². The number of halogens is 1. The molecule has 27 heavy (non-hydrogen) atoms. The summed E-state index contributed by atoms with van der Waals surface area (Å²) < 4.78 is 5.22. The van der Waals surface area contributed by atoms with Crippen LogP contribution in [0.3, 0.4) is 0 Å². The van der Waals surface area contributed by atoms with Crippen molar-refractivity contribution in [2.24, 2.45) is 10.9 Å². The van der Waals surface area contributed by atoms with Gasteiger partial charge in [0.1, 0.15) is 5.60 Å². The molecule has 0 bridgehead atoms. The van der Waals surface area contributed by atoms with Crippen LogP contribution in [0.2, 0.25) is 0 Å². The van der Waals surface area contributed by atoms with Gasteiger partial charge in [0.25, 0.3) is 0 Å². The molecule has 0 aromatic carbocycles. The summed E-state index contributed by atoms with van der Waals surface area (Å²) in [6.07, 6.45) is 2.22. The van der Waals surface area contributed by atoms with Gasteiger partial charge < -0.3 is 20.7 Å². The molecule has 0 aromatic rings. The van der Waals surface area contributed by atoms with Crippen LogP contribution in [0.5, 0.6) is 0 Å². The van der Waals surface area contributed by atoms with Gasteiger partial charge in [-0.15, -0.1) is 24.0 Å². The van der Waals surface area contributed by atoms with Crippen LogP contribution in [0, 0.1) is 5.92 Å². The minimum absolute atomic E-state index is 0. The van der Waals surface area contributed by atoms with Crippen LogP contribution in [0.1, 0.15) is 54.4 Å². The van der Waals surface area contributed by atoms with Crippen LogP contribution in [0.4, 0.5) is 4.79 Å². The Balaban J connectivity index is 0.00000676. The Morgan fingerprint density at radius 2 is 1.93 bits per heavy atom. The van der Waals surface area contributed by atoms with E-state index in [-0.39, 0.29) is 24.0 Å². The number of piperidine rings is 1. The zero-order valence-corrected chi connectivity index (χ0v) is 20.3. The van der Waals surface area contributed by atoms with Gasteiger partial charge in [-0.1, -0.05) is 6.92 Å². The number of aliphatic imine (C=N–C) groups is 1. The average Bonchev–Trinajstić information content (AvgIpc) is 2.54. The number of hydrogen-bond donors (Lipinski definition) is 3. The largest absolute Gasteiger partial charge is 0.444 e. The molecule has 0 saturated carbocycles. The normalized spacial score (nSPS) is 19.6. The molecule has 3 N–H and O–H groups in total. The van der Waals surface area contributed by atoms with Crippen molar-refractivity contribution in [1.29, 1.82) is 0 Å². The van der Waals surface area contributed by atoms with E-state index in [0.29, 0.717) is 19.1 Å². The number of carbonyl (C=O) groups excluding carboxylic acids is 1. The topological polar surface area (TPSA) is 78.0 Å². The minimum Gasteiger partial charge on any atom is -0.444 e. The molecular weight excluding hydrogens is 457 g/mol. The number of guanidine groups is 1. The van der Waals surface area contributed by atoms with Crippen molar-refractivity contribution in [3.63, 3.8) is 0 Å². The summed E-state index contributed by atoms with van der Waals surface area (Å²) in [6.45, 7) is 17.2. The fraction of sp³-hybridized carbons (Fsp3) is 0.895. The van der Waals surface area contributed by atoms with E-state index in [1.807, 2.05) is 27.7 Å². The summed E-state index contributed by atoms with van der Waals surface area (Å²) in [5.41, 5.74) is -0.476. The fourth-order valence-electron chi connectivity index (χ4n) is 2.97. The highest BCUT2D eigenvalue weighted by molar-refractivity contribution is 14.0. The van der Waals surface area contributed by atoms with Crippen molar-refractivity contribution in [2.75, 3.05) is 39.3 Å². The molecule has 160 valence electrons. The van der Waals surface area contributed by atoms with Gasteiger partial charge in [0.2, 0.25) is 0 Å². The Labute approximate surface area is 182 Å². The highest BCUT2D eigenvalue weighted by atomic mass is 127. The number of amides is 1. The molecule has 1 rings (SSSR count). The van der Waals surface area contributed by atoms with Crippen LogP contribution >= 0.6 is 24.0 Å². The predicted octanol–water partition coefficient (Wildman–Crippen LogP) is 2.80. The Kier molecular flexibility index (Phi) is 13.0. The lowest BCUT2D eigenvalue weighted by Gasteiger charge is -2.35. The van der Waals surface area contributed by atoms with Gasteiger partial charge >= 0.3 is 6.09 Å². The highest BCUT2D eigenvalue weighted by Gasteiger charge is 2.20. The van der Waals surface area contributed by atoms with Crippen LogP contribution in [0.15, 0.2) is 4.99 Å². The van der Waals surface area contributed by atoms with E-state index in [0.717, 1.165) is 25.0 Å². The number of nitrogens with one attached hydrogen (secondary N) is 3. The Morgan fingerprint density at radius 1 is 1.26 bits per heavy atom. The quantitative estimate of drug-likeness (QED) is 0.218. The maximum Gasteiger partial charge on any atom is 0.407 e. The minimum atomic E-state index is -0.476. The molecule has 8 heteroatoms. The van der Waals surface area contributed by atoms with Gasteiger partial charge in [-0.3, -0.25) is 9.89 Å². The van der Waals surface area contributed by atoms with Crippen molar-refractivity contribution < 1.29 is 9.53 Å².